The Hall–Kier alpha value is -2.16. The first-order valence-electron chi connectivity index (χ1n) is 7.22. The lowest BCUT2D eigenvalue weighted by molar-refractivity contribution is 0.132. The van der Waals surface area contributed by atoms with E-state index in [0.717, 1.165) is 5.69 Å². The summed E-state index contributed by atoms with van der Waals surface area (Å²) >= 11 is 5.75. The Balaban J connectivity index is 2.12. The van der Waals surface area contributed by atoms with Crippen molar-refractivity contribution in [3.63, 3.8) is 0 Å². The molecule has 0 aliphatic rings. The molecule has 0 atom stereocenters. The van der Waals surface area contributed by atoms with Crippen LogP contribution in [0.3, 0.4) is 0 Å². The van der Waals surface area contributed by atoms with Crippen LogP contribution in [-0.2, 0) is 9.47 Å². The zero-order valence-corrected chi connectivity index (χ0v) is 14.2. The van der Waals surface area contributed by atoms with E-state index in [-0.39, 0.29) is 5.28 Å². The number of aromatic nitrogens is 3. The molecule has 24 heavy (non-hydrogen) atoms. The Morgan fingerprint density at radius 3 is 2.33 bits per heavy atom. The number of methoxy groups -OCH3 is 2. The first-order valence-corrected chi connectivity index (χ1v) is 7.60. The van der Waals surface area contributed by atoms with Gasteiger partial charge in [0, 0.05) is 26.0 Å². The van der Waals surface area contributed by atoms with Gasteiger partial charge in [-0.15, -0.1) is 0 Å². The lowest BCUT2D eigenvalue weighted by Gasteiger charge is -2.14. The molecule has 0 aliphatic heterocycles. The van der Waals surface area contributed by atoms with Crippen molar-refractivity contribution in [2.45, 2.75) is 0 Å². The lowest BCUT2D eigenvalue weighted by Crippen LogP contribution is -2.09. The molecule has 0 radical (unpaired) electrons. The maximum Gasteiger partial charge on any atom is 0.231 e. The van der Waals surface area contributed by atoms with Crippen LogP contribution in [0.1, 0.15) is 0 Å². The Labute approximate surface area is 145 Å². The van der Waals surface area contributed by atoms with E-state index >= 15 is 0 Å². The molecule has 1 heterocycles. The zero-order valence-electron chi connectivity index (χ0n) is 13.5. The summed E-state index contributed by atoms with van der Waals surface area (Å²) in [5, 5.41) is 3.15. The van der Waals surface area contributed by atoms with Gasteiger partial charge in [-0.25, -0.2) is 9.97 Å². The molecule has 0 saturated heterocycles. The van der Waals surface area contributed by atoms with Crippen LogP contribution in [0.25, 0.3) is 0 Å². The second-order valence-electron chi connectivity index (χ2n) is 4.55. The number of ether oxygens (including phenoxy) is 4. The van der Waals surface area contributed by atoms with E-state index in [1.165, 1.54) is 6.33 Å². The minimum absolute atomic E-state index is 0.114. The standard InChI is InChI=1S/C15H19ClN4O4/c1-21-5-7-23-12-4-3-11(9-13(12)24-8-6-22-2)19-15-18-10-17-14(16)20-15/h3-4,9-10H,5-8H2,1-2H3,(H,17,18,19,20). The van der Waals surface area contributed by atoms with Crippen molar-refractivity contribution < 1.29 is 18.9 Å². The highest BCUT2D eigenvalue weighted by Crippen LogP contribution is 2.31. The van der Waals surface area contributed by atoms with Crippen molar-refractivity contribution >= 4 is 23.2 Å². The fourth-order valence-electron chi connectivity index (χ4n) is 1.75. The highest BCUT2D eigenvalue weighted by molar-refractivity contribution is 6.28. The predicted octanol–water partition coefficient (Wildman–Crippen LogP) is 2.32. The first-order chi connectivity index (χ1) is 11.7. The minimum Gasteiger partial charge on any atom is -0.487 e. The third kappa shape index (κ3) is 5.80. The minimum atomic E-state index is 0.114. The molecule has 9 heteroatoms. The van der Waals surface area contributed by atoms with Crippen LogP contribution in [0.4, 0.5) is 11.6 Å². The van der Waals surface area contributed by atoms with Gasteiger partial charge < -0.3 is 24.3 Å². The van der Waals surface area contributed by atoms with Crippen LogP contribution in [0.15, 0.2) is 24.5 Å². The second-order valence-corrected chi connectivity index (χ2v) is 4.89. The summed E-state index contributed by atoms with van der Waals surface area (Å²) < 4.78 is 21.3. The van der Waals surface area contributed by atoms with Gasteiger partial charge in [0.1, 0.15) is 19.5 Å². The van der Waals surface area contributed by atoms with E-state index in [4.69, 9.17) is 30.5 Å². The Morgan fingerprint density at radius 2 is 1.67 bits per heavy atom. The maximum atomic E-state index is 5.75. The molecule has 0 spiro atoms. The van der Waals surface area contributed by atoms with Crippen molar-refractivity contribution in [1.29, 1.82) is 0 Å². The highest BCUT2D eigenvalue weighted by Gasteiger charge is 2.08. The van der Waals surface area contributed by atoms with Crippen LogP contribution in [0, 0.1) is 0 Å². The van der Waals surface area contributed by atoms with Gasteiger partial charge in [0.2, 0.25) is 11.2 Å². The highest BCUT2D eigenvalue weighted by atomic mass is 35.5. The predicted molar refractivity (Wildman–Crippen MR) is 89.3 cm³/mol. The molecule has 0 saturated carbocycles. The summed E-state index contributed by atoms with van der Waals surface area (Å²) in [4.78, 5) is 11.7. The van der Waals surface area contributed by atoms with Gasteiger partial charge >= 0.3 is 0 Å². The fourth-order valence-corrected chi connectivity index (χ4v) is 1.88. The largest absolute Gasteiger partial charge is 0.487 e. The third-order valence-corrected chi connectivity index (χ3v) is 3.01. The van der Waals surface area contributed by atoms with Gasteiger partial charge in [0.25, 0.3) is 0 Å². The molecule has 1 N–H and O–H groups in total. The lowest BCUT2D eigenvalue weighted by atomic mass is 10.2. The summed E-state index contributed by atoms with van der Waals surface area (Å²) in [5.74, 6) is 1.53. The number of anilines is 2. The molecule has 0 aliphatic carbocycles. The number of rotatable bonds is 10. The number of hydrogen-bond acceptors (Lipinski definition) is 8. The van der Waals surface area contributed by atoms with Crippen LogP contribution in [0.2, 0.25) is 5.28 Å². The average molecular weight is 355 g/mol. The van der Waals surface area contributed by atoms with Crippen molar-refractivity contribution in [3.05, 3.63) is 29.8 Å². The summed E-state index contributed by atoms with van der Waals surface area (Å²) in [6, 6.07) is 5.40. The Kier molecular flexibility index (Phi) is 7.47. The average Bonchev–Trinajstić information content (AvgIpc) is 2.57. The maximum absolute atomic E-state index is 5.75. The number of nitrogens with one attached hydrogen (secondary N) is 1. The normalized spacial score (nSPS) is 10.5. The molecule has 130 valence electrons. The summed E-state index contributed by atoms with van der Waals surface area (Å²) in [6.45, 7) is 1.78. The van der Waals surface area contributed by atoms with Crippen molar-refractivity contribution in [2.24, 2.45) is 0 Å². The Bertz CT molecular complexity index is 645. The monoisotopic (exact) mass is 354 g/mol. The molecular weight excluding hydrogens is 336 g/mol. The molecule has 2 aromatic rings. The molecule has 1 aromatic heterocycles. The first kappa shape index (κ1) is 18.2. The molecule has 0 bridgehead atoms. The summed E-state index contributed by atoms with van der Waals surface area (Å²) in [6.07, 6.45) is 1.33. The number of halogens is 1. The van der Waals surface area contributed by atoms with Gasteiger partial charge in [-0.1, -0.05) is 0 Å². The number of benzene rings is 1. The Morgan fingerprint density at radius 1 is 0.958 bits per heavy atom. The fraction of sp³-hybridized carbons (Fsp3) is 0.400. The molecule has 8 nitrogen and oxygen atoms in total. The van der Waals surface area contributed by atoms with Crippen LogP contribution in [0.5, 0.6) is 11.5 Å². The molecule has 0 unspecified atom stereocenters. The second kappa shape index (κ2) is 9.86. The van der Waals surface area contributed by atoms with Crippen LogP contribution >= 0.6 is 11.6 Å². The van der Waals surface area contributed by atoms with Crippen molar-refractivity contribution in [3.8, 4) is 11.5 Å². The third-order valence-electron chi connectivity index (χ3n) is 2.83. The van der Waals surface area contributed by atoms with E-state index in [9.17, 15) is 0 Å². The van der Waals surface area contributed by atoms with E-state index in [1.54, 1.807) is 26.4 Å². The van der Waals surface area contributed by atoms with Crippen LogP contribution < -0.4 is 14.8 Å². The zero-order chi connectivity index (χ0) is 17.2. The van der Waals surface area contributed by atoms with E-state index < -0.39 is 0 Å². The van der Waals surface area contributed by atoms with E-state index in [0.29, 0.717) is 43.9 Å². The topological polar surface area (TPSA) is 87.6 Å². The van der Waals surface area contributed by atoms with Gasteiger partial charge in [-0.3, -0.25) is 0 Å². The number of hydrogen-bond donors (Lipinski definition) is 1. The summed E-state index contributed by atoms with van der Waals surface area (Å²) in [7, 11) is 3.23. The summed E-state index contributed by atoms with van der Waals surface area (Å²) in [5.41, 5.74) is 0.726. The van der Waals surface area contributed by atoms with Gasteiger partial charge in [-0.2, -0.15) is 4.98 Å². The van der Waals surface area contributed by atoms with Gasteiger partial charge in [0.15, 0.2) is 11.5 Å². The SMILES string of the molecule is COCCOc1ccc(Nc2ncnc(Cl)n2)cc1OCCOC. The van der Waals surface area contributed by atoms with Gasteiger partial charge in [0.05, 0.1) is 13.2 Å². The van der Waals surface area contributed by atoms with E-state index in [1.807, 2.05) is 6.07 Å². The molecule has 2 rings (SSSR count). The molecule has 0 fully saturated rings. The molecule has 1 aromatic carbocycles. The van der Waals surface area contributed by atoms with Crippen molar-refractivity contribution in [1.82, 2.24) is 15.0 Å². The van der Waals surface area contributed by atoms with E-state index in [2.05, 4.69) is 20.3 Å². The van der Waals surface area contributed by atoms with Crippen molar-refractivity contribution in [2.75, 3.05) is 46.0 Å². The molecular formula is C15H19ClN4O4. The van der Waals surface area contributed by atoms with Gasteiger partial charge in [-0.05, 0) is 23.7 Å². The van der Waals surface area contributed by atoms with Crippen LogP contribution in [-0.4, -0.2) is 55.6 Å². The number of nitrogens with zero attached hydrogens (tertiary/aromatic N) is 3. The molecule has 0 amide bonds. The smallest absolute Gasteiger partial charge is 0.231 e. The quantitative estimate of drug-likeness (QED) is 0.650.